The Morgan fingerprint density at radius 1 is 1.29 bits per heavy atom. The highest BCUT2D eigenvalue weighted by molar-refractivity contribution is 9.10. The Labute approximate surface area is 131 Å². The Bertz CT molecular complexity index is 653. The molecule has 0 fully saturated rings. The molecule has 1 amide bonds. The van der Waals surface area contributed by atoms with E-state index in [0.717, 1.165) is 12.1 Å². The van der Waals surface area contributed by atoms with Crippen molar-refractivity contribution >= 4 is 27.5 Å². The molecule has 2 rings (SSSR count). The fraction of sp³-hybridized carbons (Fsp3) is 0.188. The van der Waals surface area contributed by atoms with Crippen molar-refractivity contribution in [3.63, 3.8) is 0 Å². The molecule has 0 unspecified atom stereocenters. The van der Waals surface area contributed by atoms with Gasteiger partial charge in [0.2, 0.25) is 0 Å². The Hall–Kier alpha value is -2.01. The standard InChI is InChI=1S/C16H16BrNO3/c1-3-10-4-6-12(7-5-10)18-16(20)11-8-13(17)15(19)14(9-11)21-2/h4-9,19H,3H2,1-2H3,(H,18,20). The molecule has 2 aromatic carbocycles. The van der Waals surface area contributed by atoms with Gasteiger partial charge in [0, 0.05) is 11.3 Å². The van der Waals surface area contributed by atoms with Crippen molar-refractivity contribution in [2.24, 2.45) is 0 Å². The van der Waals surface area contributed by atoms with Gasteiger partial charge in [0.25, 0.3) is 5.91 Å². The summed E-state index contributed by atoms with van der Waals surface area (Å²) in [6, 6.07) is 10.7. The molecule has 4 nitrogen and oxygen atoms in total. The fourth-order valence-electron chi connectivity index (χ4n) is 1.89. The van der Waals surface area contributed by atoms with Crippen LogP contribution in [0.2, 0.25) is 0 Å². The van der Waals surface area contributed by atoms with E-state index in [4.69, 9.17) is 4.74 Å². The molecule has 0 saturated carbocycles. The number of aromatic hydroxyl groups is 1. The minimum Gasteiger partial charge on any atom is -0.503 e. The SMILES string of the molecule is CCc1ccc(NC(=O)c2cc(Br)c(O)c(OC)c2)cc1. The maximum absolute atomic E-state index is 12.2. The van der Waals surface area contributed by atoms with Crippen LogP contribution in [0.25, 0.3) is 0 Å². The van der Waals surface area contributed by atoms with Crippen LogP contribution >= 0.6 is 15.9 Å². The molecule has 5 heteroatoms. The van der Waals surface area contributed by atoms with Gasteiger partial charge < -0.3 is 15.2 Å². The molecule has 0 aliphatic heterocycles. The number of phenolic OH excluding ortho intramolecular Hbond substituents is 1. The summed E-state index contributed by atoms with van der Waals surface area (Å²) in [5.41, 5.74) is 2.33. The van der Waals surface area contributed by atoms with E-state index in [1.165, 1.54) is 18.7 Å². The number of nitrogens with one attached hydrogen (secondary N) is 1. The third-order valence-electron chi connectivity index (χ3n) is 3.13. The zero-order chi connectivity index (χ0) is 15.4. The lowest BCUT2D eigenvalue weighted by atomic mass is 10.1. The number of carbonyl (C=O) groups is 1. The first-order valence-corrected chi connectivity index (χ1v) is 7.31. The van der Waals surface area contributed by atoms with Crippen LogP contribution in [0.3, 0.4) is 0 Å². The monoisotopic (exact) mass is 349 g/mol. The number of benzene rings is 2. The molecule has 21 heavy (non-hydrogen) atoms. The largest absolute Gasteiger partial charge is 0.503 e. The van der Waals surface area contributed by atoms with Crippen LogP contribution in [0, 0.1) is 0 Å². The summed E-state index contributed by atoms with van der Waals surface area (Å²) in [6.45, 7) is 2.08. The molecule has 110 valence electrons. The number of amides is 1. The molecule has 0 atom stereocenters. The van der Waals surface area contributed by atoms with Crippen molar-refractivity contribution in [3.8, 4) is 11.5 Å². The van der Waals surface area contributed by atoms with E-state index < -0.39 is 0 Å². The Balaban J connectivity index is 2.21. The zero-order valence-corrected chi connectivity index (χ0v) is 13.4. The molecule has 0 heterocycles. The number of carbonyl (C=O) groups excluding carboxylic acids is 1. The summed E-state index contributed by atoms with van der Waals surface area (Å²) in [7, 11) is 1.44. The van der Waals surface area contributed by atoms with Gasteiger partial charge in [-0.05, 0) is 52.2 Å². The number of anilines is 1. The molecule has 0 spiro atoms. The first kappa shape index (κ1) is 15.4. The number of rotatable bonds is 4. The van der Waals surface area contributed by atoms with Crippen LogP contribution in [0.4, 0.5) is 5.69 Å². The first-order valence-electron chi connectivity index (χ1n) is 6.52. The summed E-state index contributed by atoms with van der Waals surface area (Å²) in [6.07, 6.45) is 0.955. The van der Waals surface area contributed by atoms with Crippen molar-refractivity contribution in [3.05, 3.63) is 52.0 Å². The van der Waals surface area contributed by atoms with Gasteiger partial charge in [0.05, 0.1) is 11.6 Å². The van der Waals surface area contributed by atoms with Gasteiger partial charge in [-0.2, -0.15) is 0 Å². The van der Waals surface area contributed by atoms with E-state index in [2.05, 4.69) is 28.2 Å². The van der Waals surface area contributed by atoms with Gasteiger partial charge in [-0.1, -0.05) is 19.1 Å². The van der Waals surface area contributed by atoms with Crippen molar-refractivity contribution in [2.75, 3.05) is 12.4 Å². The van der Waals surface area contributed by atoms with Crippen molar-refractivity contribution in [1.82, 2.24) is 0 Å². The second-order valence-corrected chi connectivity index (χ2v) is 5.37. The average molecular weight is 350 g/mol. The van der Waals surface area contributed by atoms with Crippen molar-refractivity contribution < 1.29 is 14.6 Å². The Morgan fingerprint density at radius 2 is 1.95 bits per heavy atom. The number of hydrogen-bond donors (Lipinski definition) is 2. The van der Waals surface area contributed by atoms with Gasteiger partial charge in [0.1, 0.15) is 0 Å². The number of ether oxygens (including phenoxy) is 1. The topological polar surface area (TPSA) is 58.6 Å². The van der Waals surface area contributed by atoms with Crippen molar-refractivity contribution in [1.29, 1.82) is 0 Å². The molecule has 0 saturated heterocycles. The number of aryl methyl sites for hydroxylation is 1. The van der Waals surface area contributed by atoms with E-state index >= 15 is 0 Å². The summed E-state index contributed by atoms with van der Waals surface area (Å²) in [5.74, 6) is -0.0459. The molecule has 0 aliphatic carbocycles. The van der Waals surface area contributed by atoms with E-state index in [-0.39, 0.29) is 17.4 Å². The van der Waals surface area contributed by atoms with Crippen LogP contribution in [-0.2, 0) is 6.42 Å². The van der Waals surface area contributed by atoms with Gasteiger partial charge in [0.15, 0.2) is 11.5 Å². The number of phenols is 1. The summed E-state index contributed by atoms with van der Waals surface area (Å²) in [5, 5.41) is 12.6. The normalized spacial score (nSPS) is 10.2. The number of methoxy groups -OCH3 is 1. The lowest BCUT2D eigenvalue weighted by Crippen LogP contribution is -2.12. The summed E-state index contributed by atoms with van der Waals surface area (Å²) >= 11 is 3.20. The Kier molecular flexibility index (Phi) is 4.85. The third-order valence-corrected chi connectivity index (χ3v) is 3.74. The predicted octanol–water partition coefficient (Wildman–Crippen LogP) is 3.98. The average Bonchev–Trinajstić information content (AvgIpc) is 2.50. The van der Waals surface area contributed by atoms with Gasteiger partial charge in [-0.25, -0.2) is 0 Å². The van der Waals surface area contributed by atoms with E-state index in [0.29, 0.717) is 10.0 Å². The van der Waals surface area contributed by atoms with Crippen molar-refractivity contribution in [2.45, 2.75) is 13.3 Å². The van der Waals surface area contributed by atoms with Gasteiger partial charge in [-0.3, -0.25) is 4.79 Å². The molecule has 0 aromatic heterocycles. The maximum Gasteiger partial charge on any atom is 0.255 e. The second-order valence-electron chi connectivity index (χ2n) is 4.51. The fourth-order valence-corrected chi connectivity index (χ4v) is 2.33. The first-order chi connectivity index (χ1) is 10.0. The molecular formula is C16H16BrNO3. The summed E-state index contributed by atoms with van der Waals surface area (Å²) in [4.78, 5) is 12.2. The molecule has 2 aromatic rings. The number of hydrogen-bond acceptors (Lipinski definition) is 3. The zero-order valence-electron chi connectivity index (χ0n) is 11.8. The lowest BCUT2D eigenvalue weighted by molar-refractivity contribution is 0.102. The molecule has 0 bridgehead atoms. The third kappa shape index (κ3) is 3.55. The smallest absolute Gasteiger partial charge is 0.255 e. The highest BCUT2D eigenvalue weighted by Crippen LogP contribution is 2.35. The van der Waals surface area contributed by atoms with E-state index in [1.807, 2.05) is 24.3 Å². The highest BCUT2D eigenvalue weighted by atomic mass is 79.9. The van der Waals surface area contributed by atoms with Crippen LogP contribution in [0.5, 0.6) is 11.5 Å². The van der Waals surface area contributed by atoms with E-state index in [9.17, 15) is 9.90 Å². The number of halogens is 1. The highest BCUT2D eigenvalue weighted by Gasteiger charge is 2.13. The quantitative estimate of drug-likeness (QED) is 0.877. The van der Waals surface area contributed by atoms with Crippen LogP contribution in [0.15, 0.2) is 40.9 Å². The Morgan fingerprint density at radius 3 is 2.52 bits per heavy atom. The lowest BCUT2D eigenvalue weighted by Gasteiger charge is -2.10. The molecule has 2 N–H and O–H groups in total. The van der Waals surface area contributed by atoms with Crippen LogP contribution in [0.1, 0.15) is 22.8 Å². The molecule has 0 aliphatic rings. The predicted molar refractivity (Wildman–Crippen MR) is 86.1 cm³/mol. The second kappa shape index (κ2) is 6.63. The van der Waals surface area contributed by atoms with Crippen LogP contribution in [-0.4, -0.2) is 18.1 Å². The van der Waals surface area contributed by atoms with Crippen LogP contribution < -0.4 is 10.1 Å². The molecule has 0 radical (unpaired) electrons. The minimum atomic E-state index is -0.266. The van der Waals surface area contributed by atoms with Gasteiger partial charge in [-0.15, -0.1) is 0 Å². The van der Waals surface area contributed by atoms with Gasteiger partial charge >= 0.3 is 0 Å². The van der Waals surface area contributed by atoms with E-state index in [1.54, 1.807) is 6.07 Å². The maximum atomic E-state index is 12.2. The summed E-state index contributed by atoms with van der Waals surface area (Å²) < 4.78 is 5.45. The molecular weight excluding hydrogens is 334 g/mol. The minimum absolute atomic E-state index is 0.0265.